The Morgan fingerprint density at radius 2 is 2.00 bits per heavy atom. The number of thiazole rings is 1. The van der Waals surface area contributed by atoms with Gasteiger partial charge < -0.3 is 0 Å². The summed E-state index contributed by atoms with van der Waals surface area (Å²) in [6.45, 7) is 7.31. The van der Waals surface area contributed by atoms with Crippen LogP contribution in [0.25, 0.3) is 0 Å². The summed E-state index contributed by atoms with van der Waals surface area (Å²) >= 11 is 1.08. The number of nitrogen functional groups attached to an aromatic ring is 1. The minimum Gasteiger partial charge on any atom is -0.289 e. The summed E-state index contributed by atoms with van der Waals surface area (Å²) in [6.07, 6.45) is 0. The van der Waals surface area contributed by atoms with Crippen LogP contribution in [0.5, 0.6) is 0 Å². The summed E-state index contributed by atoms with van der Waals surface area (Å²) in [7, 11) is -3.17. The predicted octanol–water partition coefficient (Wildman–Crippen LogP) is 0.979. The molecule has 0 saturated carbocycles. The van der Waals surface area contributed by atoms with Gasteiger partial charge in [-0.3, -0.25) is 10.2 Å². The average Bonchev–Trinajstić information content (AvgIpc) is 2.71. The van der Waals surface area contributed by atoms with Crippen molar-refractivity contribution in [1.29, 1.82) is 0 Å². The van der Waals surface area contributed by atoms with E-state index in [1.807, 2.05) is 20.8 Å². The number of hydrogen-bond donors (Lipinski definition) is 2. The fourth-order valence-corrected chi connectivity index (χ4v) is 3.84. The number of rotatable bonds is 4. The summed E-state index contributed by atoms with van der Waals surface area (Å²) < 4.78 is 23.2. The molecule has 0 aliphatic heterocycles. The smallest absolute Gasteiger partial charge is 0.277 e. The van der Waals surface area contributed by atoms with Crippen molar-refractivity contribution in [2.45, 2.75) is 38.9 Å². The lowest BCUT2D eigenvalue weighted by atomic mass is 9.91. The van der Waals surface area contributed by atoms with Crippen LogP contribution >= 0.6 is 11.3 Å². The SMILES string of the molecule is CCS(=O)(=O)Cc1nc(C(C)(C)C)c(C(=O)NN)s1. The molecule has 3 N–H and O–H groups in total. The molecule has 0 atom stereocenters. The molecule has 19 heavy (non-hydrogen) atoms. The van der Waals surface area contributed by atoms with E-state index in [4.69, 9.17) is 5.84 Å². The highest BCUT2D eigenvalue weighted by Gasteiger charge is 2.27. The molecular formula is C11H19N3O3S2. The Morgan fingerprint density at radius 3 is 2.42 bits per heavy atom. The zero-order valence-corrected chi connectivity index (χ0v) is 13.1. The lowest BCUT2D eigenvalue weighted by Gasteiger charge is -2.16. The first-order valence-corrected chi connectivity index (χ1v) is 8.46. The van der Waals surface area contributed by atoms with Gasteiger partial charge in [0.2, 0.25) is 0 Å². The van der Waals surface area contributed by atoms with Gasteiger partial charge in [0.1, 0.15) is 15.6 Å². The normalized spacial score (nSPS) is 12.5. The number of carbonyl (C=O) groups is 1. The highest BCUT2D eigenvalue weighted by molar-refractivity contribution is 7.90. The molecular weight excluding hydrogens is 286 g/mol. The van der Waals surface area contributed by atoms with E-state index in [0.29, 0.717) is 15.6 Å². The zero-order valence-electron chi connectivity index (χ0n) is 11.5. The van der Waals surface area contributed by atoms with Crippen LogP contribution in [0.1, 0.15) is 48.1 Å². The molecule has 6 nitrogen and oxygen atoms in total. The molecule has 0 bridgehead atoms. The van der Waals surface area contributed by atoms with E-state index in [9.17, 15) is 13.2 Å². The Labute approximate surface area is 117 Å². The minimum atomic E-state index is -3.17. The second kappa shape index (κ2) is 5.56. The second-order valence-corrected chi connectivity index (χ2v) is 8.62. The molecule has 0 aromatic carbocycles. The maximum absolute atomic E-state index is 11.7. The van der Waals surface area contributed by atoms with Gasteiger partial charge >= 0.3 is 0 Å². The summed E-state index contributed by atoms with van der Waals surface area (Å²) in [4.78, 5) is 16.4. The molecule has 0 unspecified atom stereocenters. The molecule has 1 aromatic heterocycles. The fourth-order valence-electron chi connectivity index (χ4n) is 1.44. The number of nitrogens with two attached hydrogens (primary N) is 1. The van der Waals surface area contributed by atoms with Crippen molar-refractivity contribution in [3.05, 3.63) is 15.6 Å². The summed E-state index contributed by atoms with van der Waals surface area (Å²) in [5, 5.41) is 0.422. The Kier molecular flexibility index (Phi) is 4.70. The fraction of sp³-hybridized carbons (Fsp3) is 0.636. The quantitative estimate of drug-likeness (QED) is 0.490. The van der Waals surface area contributed by atoms with Crippen LogP contribution in [0, 0.1) is 0 Å². The summed E-state index contributed by atoms with van der Waals surface area (Å²) in [6, 6.07) is 0. The number of hydrogen-bond acceptors (Lipinski definition) is 6. The van der Waals surface area contributed by atoms with Crippen LogP contribution in [0.2, 0.25) is 0 Å². The molecule has 108 valence electrons. The largest absolute Gasteiger partial charge is 0.289 e. The van der Waals surface area contributed by atoms with Crippen LogP contribution in [0.4, 0.5) is 0 Å². The zero-order chi connectivity index (χ0) is 14.8. The number of carbonyl (C=O) groups excluding carboxylic acids is 1. The highest BCUT2D eigenvalue weighted by Crippen LogP contribution is 2.30. The van der Waals surface area contributed by atoms with Gasteiger partial charge in [-0.25, -0.2) is 19.2 Å². The van der Waals surface area contributed by atoms with E-state index in [1.54, 1.807) is 6.92 Å². The number of aromatic nitrogens is 1. The van der Waals surface area contributed by atoms with E-state index >= 15 is 0 Å². The van der Waals surface area contributed by atoms with Crippen LogP contribution in [0.3, 0.4) is 0 Å². The first kappa shape index (κ1) is 16.1. The number of nitrogens with zero attached hydrogens (tertiary/aromatic N) is 1. The lowest BCUT2D eigenvalue weighted by Crippen LogP contribution is -2.31. The summed E-state index contributed by atoms with van der Waals surface area (Å²) in [5.41, 5.74) is 2.28. The predicted molar refractivity (Wildman–Crippen MR) is 75.6 cm³/mol. The Hall–Kier alpha value is -0.990. The van der Waals surface area contributed by atoms with Crippen molar-refractivity contribution in [3.63, 3.8) is 0 Å². The minimum absolute atomic E-state index is 0.0514. The van der Waals surface area contributed by atoms with Gasteiger partial charge in [-0.15, -0.1) is 11.3 Å². The van der Waals surface area contributed by atoms with Gasteiger partial charge in [0, 0.05) is 11.2 Å². The van der Waals surface area contributed by atoms with Crippen LogP contribution in [-0.2, 0) is 21.0 Å². The molecule has 0 aliphatic rings. The molecule has 0 spiro atoms. The van der Waals surface area contributed by atoms with E-state index < -0.39 is 15.7 Å². The third-order valence-corrected chi connectivity index (χ3v) is 5.33. The lowest BCUT2D eigenvalue weighted by molar-refractivity contribution is 0.0955. The highest BCUT2D eigenvalue weighted by atomic mass is 32.2. The topological polar surface area (TPSA) is 102 Å². The van der Waals surface area contributed by atoms with Gasteiger partial charge in [0.15, 0.2) is 9.84 Å². The molecule has 1 aromatic rings. The van der Waals surface area contributed by atoms with Crippen LogP contribution in [-0.4, -0.2) is 25.1 Å². The number of amides is 1. The standard InChI is InChI=1S/C11H19N3O3S2/c1-5-19(16,17)6-7-13-9(11(2,3)4)8(18-7)10(15)14-12/h5-6,12H2,1-4H3,(H,14,15). The van der Waals surface area contributed by atoms with Crippen molar-refractivity contribution in [3.8, 4) is 0 Å². The van der Waals surface area contributed by atoms with Gasteiger partial charge in [0.25, 0.3) is 5.91 Å². The maximum Gasteiger partial charge on any atom is 0.277 e. The number of sulfone groups is 1. The third kappa shape index (κ3) is 3.99. The van der Waals surface area contributed by atoms with Gasteiger partial charge in [-0.2, -0.15) is 0 Å². The Balaban J connectivity index is 3.26. The van der Waals surface area contributed by atoms with Crippen molar-refractivity contribution >= 4 is 27.1 Å². The molecule has 1 rings (SSSR count). The molecule has 0 saturated heterocycles. The maximum atomic E-state index is 11.7. The molecule has 0 radical (unpaired) electrons. The van der Waals surface area contributed by atoms with Crippen molar-refractivity contribution in [2.75, 3.05) is 5.75 Å². The average molecular weight is 305 g/mol. The monoisotopic (exact) mass is 305 g/mol. The van der Waals surface area contributed by atoms with Gasteiger partial charge in [-0.05, 0) is 0 Å². The molecule has 8 heteroatoms. The summed E-state index contributed by atoms with van der Waals surface area (Å²) in [5.74, 6) is 4.61. The van der Waals surface area contributed by atoms with Crippen molar-refractivity contribution in [2.24, 2.45) is 5.84 Å². The van der Waals surface area contributed by atoms with E-state index in [0.717, 1.165) is 11.3 Å². The van der Waals surface area contributed by atoms with Gasteiger partial charge in [0.05, 0.1) is 5.69 Å². The number of nitrogens with one attached hydrogen (secondary N) is 1. The molecule has 1 amide bonds. The van der Waals surface area contributed by atoms with E-state index in [2.05, 4.69) is 10.4 Å². The number of hydrazine groups is 1. The Morgan fingerprint density at radius 1 is 1.42 bits per heavy atom. The van der Waals surface area contributed by atoms with Gasteiger partial charge in [-0.1, -0.05) is 27.7 Å². The second-order valence-electron chi connectivity index (χ2n) is 5.19. The first-order valence-electron chi connectivity index (χ1n) is 5.82. The van der Waals surface area contributed by atoms with E-state index in [1.165, 1.54) is 0 Å². The van der Waals surface area contributed by atoms with E-state index in [-0.39, 0.29) is 16.9 Å². The molecule has 0 fully saturated rings. The first-order chi connectivity index (χ1) is 8.60. The Bertz CT molecular complexity index is 570. The van der Waals surface area contributed by atoms with Crippen molar-refractivity contribution in [1.82, 2.24) is 10.4 Å². The van der Waals surface area contributed by atoms with Crippen LogP contribution in [0.15, 0.2) is 0 Å². The van der Waals surface area contributed by atoms with Crippen molar-refractivity contribution < 1.29 is 13.2 Å². The molecule has 0 aliphatic carbocycles. The van der Waals surface area contributed by atoms with Crippen LogP contribution < -0.4 is 11.3 Å². The third-order valence-electron chi connectivity index (χ3n) is 2.50. The molecule has 1 heterocycles.